The lowest BCUT2D eigenvalue weighted by atomic mass is 9.78. The number of carbonyl (C=O) groups is 1. The van der Waals surface area contributed by atoms with E-state index in [9.17, 15) is 4.79 Å². The summed E-state index contributed by atoms with van der Waals surface area (Å²) < 4.78 is 18.4. The minimum Gasteiger partial charge on any atom is -0.524 e. The second-order valence-electron chi connectivity index (χ2n) is 8.62. The van der Waals surface area contributed by atoms with Crippen LogP contribution in [0, 0.1) is 6.92 Å². The molecule has 2 aromatic carbocycles. The van der Waals surface area contributed by atoms with E-state index in [1.54, 1.807) is 0 Å². The number of rotatable bonds is 5. The molecular weight excluding hydrogens is 363 g/mol. The van der Waals surface area contributed by atoms with E-state index in [1.807, 2.05) is 6.07 Å². The van der Waals surface area contributed by atoms with Gasteiger partial charge in [0.05, 0.1) is 5.56 Å². The lowest BCUT2D eigenvalue weighted by Gasteiger charge is -2.38. The summed E-state index contributed by atoms with van der Waals surface area (Å²) in [5.41, 5.74) is 5.29. The zero-order valence-electron chi connectivity index (χ0n) is 18.1. The van der Waals surface area contributed by atoms with Crippen LogP contribution in [0.4, 0.5) is 0 Å². The normalized spacial score (nSPS) is 16.2. The van der Waals surface area contributed by atoms with E-state index in [0.29, 0.717) is 17.6 Å². The molecule has 0 saturated heterocycles. The first-order valence-corrected chi connectivity index (χ1v) is 10.7. The van der Waals surface area contributed by atoms with Crippen molar-refractivity contribution in [1.29, 1.82) is 0 Å². The Hall–Kier alpha value is -2.43. The van der Waals surface area contributed by atoms with E-state index < -0.39 is 12.7 Å². The minimum atomic E-state index is -0.542. The van der Waals surface area contributed by atoms with Gasteiger partial charge in [0.25, 0.3) is 0 Å². The van der Waals surface area contributed by atoms with Crippen molar-refractivity contribution in [2.45, 2.75) is 72.2 Å². The predicted octanol–water partition coefficient (Wildman–Crippen LogP) is 6.08. The number of aryl methyl sites for hydroxylation is 2. The summed E-state index contributed by atoms with van der Waals surface area (Å²) in [4.78, 5) is 13.0. The summed E-state index contributed by atoms with van der Waals surface area (Å²) in [6.07, 6.45) is 4.37. The Balaban J connectivity index is 1.96. The highest BCUT2D eigenvalue weighted by Crippen LogP contribution is 2.52. The maximum atomic E-state index is 13.0. The molecule has 0 fully saturated rings. The van der Waals surface area contributed by atoms with Crippen molar-refractivity contribution in [3.63, 3.8) is 0 Å². The molecule has 4 rings (SSSR count). The fourth-order valence-corrected chi connectivity index (χ4v) is 4.37. The number of fused-ring (bicyclic) bond motifs is 5. The Morgan fingerprint density at radius 1 is 1.03 bits per heavy atom. The van der Waals surface area contributed by atoms with Crippen LogP contribution in [-0.2, 0) is 16.7 Å². The van der Waals surface area contributed by atoms with Crippen molar-refractivity contribution in [2.24, 2.45) is 0 Å². The molecule has 2 aliphatic heterocycles. The number of ether oxygens (including phenoxy) is 1. The minimum absolute atomic E-state index is 0.280. The molecule has 0 amide bonds. The van der Waals surface area contributed by atoms with Crippen molar-refractivity contribution >= 4 is 13.1 Å². The van der Waals surface area contributed by atoms with E-state index >= 15 is 0 Å². The summed E-state index contributed by atoms with van der Waals surface area (Å²) in [6, 6.07) is 8.41. The Bertz CT molecular complexity index is 964. The molecule has 152 valence electrons. The molecule has 0 aliphatic carbocycles. The number of benzene rings is 2. The van der Waals surface area contributed by atoms with Crippen LogP contribution < -0.4 is 9.39 Å². The standard InChI is InChI=1S/C24H29BO4/c1-6-8-12-25-28-22-20(23(26)29-25)16(9-7-2)14-19-21(22)17-13-15(3)10-11-18(17)24(4,5)27-19/h10-11,13-14H,6-9,12H2,1-5H3. The molecule has 0 spiro atoms. The van der Waals surface area contributed by atoms with Crippen molar-refractivity contribution in [3.8, 4) is 22.6 Å². The highest BCUT2D eigenvalue weighted by Gasteiger charge is 2.41. The number of hydrogen-bond acceptors (Lipinski definition) is 4. The molecular formula is C24H29BO4. The quantitative estimate of drug-likeness (QED) is 0.579. The average molecular weight is 392 g/mol. The molecule has 0 bridgehead atoms. The Kier molecular flexibility index (Phi) is 5.10. The first-order chi connectivity index (χ1) is 13.9. The van der Waals surface area contributed by atoms with E-state index in [0.717, 1.165) is 53.7 Å². The van der Waals surface area contributed by atoms with Crippen LogP contribution >= 0.6 is 0 Å². The highest BCUT2D eigenvalue weighted by molar-refractivity contribution is 6.49. The molecule has 0 aromatic heterocycles. The lowest BCUT2D eigenvalue weighted by molar-refractivity contribution is 0.0675. The molecule has 0 unspecified atom stereocenters. The first kappa shape index (κ1) is 19.9. The number of hydrogen-bond donors (Lipinski definition) is 0. The topological polar surface area (TPSA) is 44.8 Å². The summed E-state index contributed by atoms with van der Waals surface area (Å²) in [6.45, 7) is 10.5. The van der Waals surface area contributed by atoms with Crippen LogP contribution in [0.2, 0.25) is 6.32 Å². The molecule has 2 aromatic rings. The molecule has 2 aliphatic rings. The lowest BCUT2D eigenvalue weighted by Crippen LogP contribution is -2.36. The monoisotopic (exact) mass is 392 g/mol. The Morgan fingerprint density at radius 2 is 1.83 bits per heavy atom. The van der Waals surface area contributed by atoms with Gasteiger partial charge in [0.2, 0.25) is 0 Å². The third-order valence-electron chi connectivity index (χ3n) is 5.79. The van der Waals surface area contributed by atoms with Crippen LogP contribution in [0.15, 0.2) is 24.3 Å². The molecule has 0 radical (unpaired) electrons. The molecule has 0 N–H and O–H groups in total. The summed E-state index contributed by atoms with van der Waals surface area (Å²) in [7, 11) is -0.542. The summed E-state index contributed by atoms with van der Waals surface area (Å²) in [5, 5.41) is 0. The van der Waals surface area contributed by atoms with Crippen LogP contribution in [0.1, 0.15) is 74.0 Å². The zero-order chi connectivity index (χ0) is 20.8. The fraction of sp³-hybridized carbons (Fsp3) is 0.458. The molecule has 2 heterocycles. The van der Waals surface area contributed by atoms with Gasteiger partial charge >= 0.3 is 13.1 Å². The van der Waals surface area contributed by atoms with Gasteiger partial charge in [-0.05, 0) is 44.4 Å². The highest BCUT2D eigenvalue weighted by atomic mass is 16.6. The molecule has 29 heavy (non-hydrogen) atoms. The molecule has 0 saturated carbocycles. The van der Waals surface area contributed by atoms with Gasteiger partial charge in [-0.3, -0.25) is 0 Å². The van der Waals surface area contributed by atoms with Gasteiger partial charge in [-0.1, -0.05) is 56.9 Å². The molecule has 5 heteroatoms. The van der Waals surface area contributed by atoms with Gasteiger partial charge < -0.3 is 14.0 Å². The molecule has 0 atom stereocenters. The van der Waals surface area contributed by atoms with Crippen LogP contribution in [0.25, 0.3) is 11.1 Å². The van der Waals surface area contributed by atoms with E-state index in [4.69, 9.17) is 14.0 Å². The third-order valence-corrected chi connectivity index (χ3v) is 5.79. The average Bonchev–Trinajstić information content (AvgIpc) is 2.65. The van der Waals surface area contributed by atoms with Crippen LogP contribution in [0.3, 0.4) is 0 Å². The van der Waals surface area contributed by atoms with E-state index in [-0.39, 0.29) is 5.97 Å². The maximum Gasteiger partial charge on any atom is 0.596 e. The molecule has 4 nitrogen and oxygen atoms in total. The summed E-state index contributed by atoms with van der Waals surface area (Å²) in [5.74, 6) is 1.14. The third kappa shape index (κ3) is 3.41. The Labute approximate surface area is 173 Å². The van der Waals surface area contributed by atoms with Crippen LogP contribution in [-0.4, -0.2) is 13.1 Å². The van der Waals surface area contributed by atoms with Crippen molar-refractivity contribution in [1.82, 2.24) is 0 Å². The second-order valence-corrected chi connectivity index (χ2v) is 8.62. The second kappa shape index (κ2) is 7.44. The number of unbranched alkanes of at least 4 members (excludes halogenated alkanes) is 1. The van der Waals surface area contributed by atoms with Gasteiger partial charge in [-0.2, -0.15) is 0 Å². The maximum absolute atomic E-state index is 13.0. The smallest absolute Gasteiger partial charge is 0.524 e. The van der Waals surface area contributed by atoms with E-state index in [2.05, 4.69) is 52.8 Å². The van der Waals surface area contributed by atoms with Gasteiger partial charge in [0.1, 0.15) is 22.7 Å². The van der Waals surface area contributed by atoms with Gasteiger partial charge in [0.15, 0.2) is 0 Å². The van der Waals surface area contributed by atoms with E-state index in [1.165, 1.54) is 5.56 Å². The van der Waals surface area contributed by atoms with Crippen LogP contribution in [0.5, 0.6) is 11.5 Å². The fourth-order valence-electron chi connectivity index (χ4n) is 4.37. The largest absolute Gasteiger partial charge is 0.596 e. The Morgan fingerprint density at radius 3 is 2.55 bits per heavy atom. The van der Waals surface area contributed by atoms with Crippen molar-refractivity contribution < 1.29 is 18.8 Å². The summed E-state index contributed by atoms with van der Waals surface area (Å²) >= 11 is 0. The zero-order valence-corrected chi connectivity index (χ0v) is 18.1. The number of carbonyl (C=O) groups excluding carboxylic acids is 1. The van der Waals surface area contributed by atoms with Gasteiger partial charge in [-0.15, -0.1) is 0 Å². The van der Waals surface area contributed by atoms with Crippen molar-refractivity contribution in [2.75, 3.05) is 0 Å². The first-order valence-electron chi connectivity index (χ1n) is 10.7. The SMILES string of the molecule is CCCCB1OC(=O)c2c(CCC)cc3c(c2O1)-c1cc(C)ccc1C(C)(C)O3. The van der Waals surface area contributed by atoms with Crippen molar-refractivity contribution in [3.05, 3.63) is 46.5 Å². The van der Waals surface area contributed by atoms with Gasteiger partial charge in [-0.25, -0.2) is 4.79 Å². The predicted molar refractivity (Wildman–Crippen MR) is 116 cm³/mol. The van der Waals surface area contributed by atoms with Gasteiger partial charge in [0, 0.05) is 11.9 Å².